The lowest BCUT2D eigenvalue weighted by Gasteiger charge is -2.31. The van der Waals surface area contributed by atoms with E-state index < -0.39 is 0 Å². The van der Waals surface area contributed by atoms with Gasteiger partial charge in [-0.05, 0) is 71.8 Å². The molecule has 0 amide bonds. The van der Waals surface area contributed by atoms with Crippen LogP contribution in [0.4, 0.5) is 22.7 Å². The van der Waals surface area contributed by atoms with E-state index in [4.69, 9.17) is 11.6 Å². The van der Waals surface area contributed by atoms with Gasteiger partial charge in [0.25, 0.3) is 0 Å². The summed E-state index contributed by atoms with van der Waals surface area (Å²) in [6, 6.07) is 56.3. The molecule has 5 heteroatoms. The number of aromatic nitrogens is 2. The highest BCUT2D eigenvalue weighted by molar-refractivity contribution is 6.36. The SMILES string of the molecule is Clc1c(N(Cc2ccccc2)c2ccc(-c3ccccn3)cc2)cccc1N(Cc1ccccc1)c1ccc(-c2ccccn2)cc1. The second kappa shape index (κ2) is 14.2. The molecule has 0 fully saturated rings. The molecule has 7 aromatic rings. The van der Waals surface area contributed by atoms with Crippen LogP contribution in [0.2, 0.25) is 5.02 Å². The van der Waals surface area contributed by atoms with Gasteiger partial charge in [0.2, 0.25) is 0 Å². The highest BCUT2D eigenvalue weighted by atomic mass is 35.5. The van der Waals surface area contributed by atoms with Crippen LogP contribution in [-0.4, -0.2) is 9.97 Å². The van der Waals surface area contributed by atoms with E-state index in [9.17, 15) is 0 Å². The molecular weight excluding hydrogens is 596 g/mol. The Kier molecular flexibility index (Phi) is 9.03. The molecule has 0 saturated carbocycles. The third-order valence-electron chi connectivity index (χ3n) is 8.19. The largest absolute Gasteiger partial charge is 0.336 e. The molecule has 0 spiro atoms. The minimum atomic E-state index is 0.657. The van der Waals surface area contributed by atoms with E-state index in [2.05, 4.69) is 135 Å². The molecule has 0 aliphatic carbocycles. The van der Waals surface area contributed by atoms with Crippen LogP contribution in [0, 0.1) is 0 Å². The maximum Gasteiger partial charge on any atom is 0.0880 e. The molecule has 5 aromatic carbocycles. The molecule has 0 unspecified atom stereocenters. The van der Waals surface area contributed by atoms with Crippen molar-refractivity contribution < 1.29 is 0 Å². The molecule has 0 radical (unpaired) electrons. The van der Waals surface area contributed by atoms with Crippen LogP contribution in [0.25, 0.3) is 22.5 Å². The van der Waals surface area contributed by atoms with Crippen LogP contribution in [-0.2, 0) is 13.1 Å². The molecule has 0 N–H and O–H groups in total. The zero-order chi connectivity index (χ0) is 31.8. The van der Waals surface area contributed by atoms with Gasteiger partial charge in [0.1, 0.15) is 0 Å². The first-order valence-corrected chi connectivity index (χ1v) is 16.1. The third-order valence-corrected chi connectivity index (χ3v) is 8.57. The van der Waals surface area contributed by atoms with Crippen LogP contribution in [0.3, 0.4) is 0 Å². The number of rotatable bonds is 10. The predicted molar refractivity (Wildman–Crippen MR) is 195 cm³/mol. The fourth-order valence-corrected chi connectivity index (χ4v) is 6.11. The first-order chi connectivity index (χ1) is 23.2. The van der Waals surface area contributed by atoms with E-state index in [-0.39, 0.29) is 0 Å². The number of pyridine rings is 2. The maximum absolute atomic E-state index is 7.48. The van der Waals surface area contributed by atoms with Crippen LogP contribution in [0.15, 0.2) is 176 Å². The number of anilines is 4. The van der Waals surface area contributed by atoms with Crippen molar-refractivity contribution in [3.63, 3.8) is 0 Å². The van der Waals surface area contributed by atoms with Crippen molar-refractivity contribution in [2.24, 2.45) is 0 Å². The minimum Gasteiger partial charge on any atom is -0.336 e. The summed E-state index contributed by atoms with van der Waals surface area (Å²) in [4.78, 5) is 13.6. The van der Waals surface area contributed by atoms with Crippen molar-refractivity contribution in [3.8, 4) is 22.5 Å². The van der Waals surface area contributed by atoms with Gasteiger partial charge in [-0.3, -0.25) is 9.97 Å². The summed E-state index contributed by atoms with van der Waals surface area (Å²) in [6.45, 7) is 1.31. The second-order valence-electron chi connectivity index (χ2n) is 11.3. The zero-order valence-electron chi connectivity index (χ0n) is 25.8. The van der Waals surface area contributed by atoms with Gasteiger partial charge in [-0.25, -0.2) is 0 Å². The van der Waals surface area contributed by atoms with E-state index in [1.807, 2.05) is 60.9 Å². The number of halogens is 1. The zero-order valence-corrected chi connectivity index (χ0v) is 26.6. The van der Waals surface area contributed by atoms with Crippen molar-refractivity contribution in [3.05, 3.63) is 192 Å². The standard InChI is InChI=1S/C42H33ClN4/c43-42-40(46(30-32-12-3-1-4-13-32)36-24-20-34(21-25-36)38-16-7-9-28-44-38)18-11-19-41(42)47(31-33-14-5-2-6-15-33)37-26-22-35(23-27-37)39-17-8-10-29-45-39/h1-29H,30-31H2. The Balaban J connectivity index is 1.30. The Morgan fingerprint density at radius 3 is 1.19 bits per heavy atom. The van der Waals surface area contributed by atoms with E-state index in [1.165, 1.54) is 11.1 Å². The molecule has 7 rings (SSSR count). The molecule has 2 heterocycles. The molecule has 0 aliphatic rings. The normalized spacial score (nSPS) is 10.8. The molecule has 4 nitrogen and oxygen atoms in total. The predicted octanol–water partition coefficient (Wildman–Crippen LogP) is 11.1. The number of benzene rings is 5. The molecule has 2 aromatic heterocycles. The summed E-state index contributed by atoms with van der Waals surface area (Å²) < 4.78 is 0. The smallest absolute Gasteiger partial charge is 0.0880 e. The van der Waals surface area contributed by atoms with Crippen LogP contribution >= 0.6 is 11.6 Å². The van der Waals surface area contributed by atoms with E-state index in [0.29, 0.717) is 18.1 Å². The first-order valence-electron chi connectivity index (χ1n) is 15.7. The van der Waals surface area contributed by atoms with Crippen molar-refractivity contribution in [2.75, 3.05) is 9.80 Å². The topological polar surface area (TPSA) is 32.3 Å². The van der Waals surface area contributed by atoms with Gasteiger partial charge in [-0.1, -0.05) is 115 Å². The summed E-state index contributed by atoms with van der Waals surface area (Å²) in [5.74, 6) is 0. The van der Waals surface area contributed by atoms with Crippen molar-refractivity contribution >= 4 is 34.4 Å². The van der Waals surface area contributed by atoms with Crippen molar-refractivity contribution in [2.45, 2.75) is 13.1 Å². The average Bonchev–Trinajstić information content (AvgIpc) is 3.15. The van der Waals surface area contributed by atoms with Gasteiger partial charge >= 0.3 is 0 Å². The first kappa shape index (κ1) is 30.0. The van der Waals surface area contributed by atoms with Crippen LogP contribution < -0.4 is 9.80 Å². The Hall–Kier alpha value is -5.71. The average molecular weight is 629 g/mol. The lowest BCUT2D eigenvalue weighted by atomic mass is 10.1. The quantitative estimate of drug-likeness (QED) is 0.151. The fourth-order valence-electron chi connectivity index (χ4n) is 5.78. The highest BCUT2D eigenvalue weighted by Crippen LogP contribution is 2.42. The molecule has 0 aliphatic heterocycles. The summed E-state index contributed by atoms with van der Waals surface area (Å²) >= 11 is 7.48. The van der Waals surface area contributed by atoms with Crippen molar-refractivity contribution in [1.82, 2.24) is 9.97 Å². The molecule has 0 saturated heterocycles. The fraction of sp³-hybridized carbons (Fsp3) is 0.0476. The summed E-state index contributed by atoms with van der Waals surface area (Å²) in [7, 11) is 0. The van der Waals surface area contributed by atoms with Gasteiger partial charge in [0.15, 0.2) is 0 Å². The Morgan fingerprint density at radius 1 is 0.404 bits per heavy atom. The monoisotopic (exact) mass is 628 g/mol. The molecule has 0 atom stereocenters. The van der Waals surface area contributed by atoms with Gasteiger partial charge in [-0.2, -0.15) is 0 Å². The molecule has 47 heavy (non-hydrogen) atoms. The summed E-state index contributed by atoms with van der Waals surface area (Å²) in [5, 5.41) is 0.682. The van der Waals surface area contributed by atoms with E-state index in [0.717, 1.165) is 45.3 Å². The van der Waals surface area contributed by atoms with Gasteiger partial charge < -0.3 is 9.80 Å². The van der Waals surface area contributed by atoms with Crippen LogP contribution in [0.5, 0.6) is 0 Å². The summed E-state index contributed by atoms with van der Waals surface area (Å²) in [5.41, 5.74) is 10.4. The molecule has 228 valence electrons. The number of hydrogen-bond donors (Lipinski definition) is 0. The maximum atomic E-state index is 7.48. The van der Waals surface area contributed by atoms with Crippen molar-refractivity contribution in [1.29, 1.82) is 0 Å². The molecular formula is C42H33ClN4. The van der Waals surface area contributed by atoms with E-state index >= 15 is 0 Å². The highest BCUT2D eigenvalue weighted by Gasteiger charge is 2.21. The number of nitrogens with zero attached hydrogens (tertiary/aromatic N) is 4. The van der Waals surface area contributed by atoms with Crippen LogP contribution in [0.1, 0.15) is 11.1 Å². The molecule has 0 bridgehead atoms. The Labute approximate surface area is 281 Å². The summed E-state index contributed by atoms with van der Waals surface area (Å²) in [6.07, 6.45) is 3.65. The third kappa shape index (κ3) is 6.94. The Morgan fingerprint density at radius 2 is 0.809 bits per heavy atom. The lowest BCUT2D eigenvalue weighted by molar-refractivity contribution is 0.959. The van der Waals surface area contributed by atoms with Gasteiger partial charge in [0.05, 0.1) is 27.8 Å². The Bertz CT molecular complexity index is 1870. The van der Waals surface area contributed by atoms with Gasteiger partial charge in [-0.15, -0.1) is 0 Å². The second-order valence-corrected chi connectivity index (χ2v) is 11.7. The van der Waals surface area contributed by atoms with Gasteiger partial charge in [0, 0.05) is 48.0 Å². The number of hydrogen-bond acceptors (Lipinski definition) is 4. The minimum absolute atomic E-state index is 0.657. The van der Waals surface area contributed by atoms with E-state index in [1.54, 1.807) is 0 Å². The lowest BCUT2D eigenvalue weighted by Crippen LogP contribution is -2.20.